The molecule has 0 heterocycles. The van der Waals surface area contributed by atoms with Crippen molar-refractivity contribution in [2.75, 3.05) is 0 Å². The number of hydrogen-bond donors (Lipinski definition) is 0. The molecule has 0 radical (unpaired) electrons. The second-order valence-electron chi connectivity index (χ2n) is 0.431. The van der Waals surface area contributed by atoms with Crippen molar-refractivity contribution < 1.29 is 46.2 Å². The van der Waals surface area contributed by atoms with E-state index in [0.29, 0.717) is 0 Å². The zero-order valence-corrected chi connectivity index (χ0v) is 14.2. The van der Waals surface area contributed by atoms with Crippen LogP contribution >= 0.6 is 7.91 Å². The van der Waals surface area contributed by atoms with E-state index in [9.17, 15) is 4.20 Å². The van der Waals surface area contributed by atoms with E-state index in [4.69, 9.17) is 14.4 Å². The molecular weight excluding hydrogens is 503 g/mol. The smallest absolute Gasteiger partial charge is 0.786 e. The van der Waals surface area contributed by atoms with E-state index in [2.05, 4.69) is 0 Å². The molecule has 0 atom stereocenters. The van der Waals surface area contributed by atoms with Crippen LogP contribution in [0.25, 0.3) is 0 Å². The molecule has 34 valence electrons. The fourth-order valence-electron chi connectivity index (χ4n) is 0. The Bertz CT molecular complexity index is 61.1. The summed E-state index contributed by atoms with van der Waals surface area (Å²) in [5, 5.41) is 0. The Kier molecular flexibility index (Phi) is 13.8. The maximum Gasteiger partial charge on any atom is 2.00 e. The fraction of sp³-hybridized carbons (Fsp3) is 0. The molecule has 0 aromatic heterocycles. The molecule has 0 aromatic rings. The van der Waals surface area contributed by atoms with Crippen LogP contribution in [0.5, 0.6) is 0 Å². The number of rotatable bonds is 0. The first-order chi connectivity index (χ1) is 2.00. The number of hydrogen-bond acceptors (Lipinski definition) is 3. The summed E-state index contributed by atoms with van der Waals surface area (Å²) in [4.78, 5) is 16.9. The fourth-order valence-corrected chi connectivity index (χ4v) is 0. The van der Waals surface area contributed by atoms with Crippen molar-refractivity contribution in [3.05, 3.63) is 0 Å². The van der Waals surface area contributed by atoms with Crippen LogP contribution < -0.4 is 9.79 Å². The quantitative estimate of drug-likeness (QED) is 0.296. The molecule has 0 saturated heterocycles. The molecule has 3 nitrogen and oxygen atoms in total. The van der Waals surface area contributed by atoms with Crippen LogP contribution in [0.1, 0.15) is 0 Å². The third kappa shape index (κ3) is 74.6. The first-order valence-corrected chi connectivity index (χ1v) is 2.15. The summed E-state index contributed by atoms with van der Waals surface area (Å²) in [6.07, 6.45) is 0. The van der Waals surface area contributed by atoms with Crippen molar-refractivity contribution >= 4 is 35.2 Å². The molecular formula is FHgO3PTl+. The minimum atomic E-state index is -5.64. The second kappa shape index (κ2) is 6.06. The van der Waals surface area contributed by atoms with Gasteiger partial charge in [-0.3, -0.25) is 0 Å². The summed E-state index contributed by atoms with van der Waals surface area (Å²) in [5.41, 5.74) is 0. The first kappa shape index (κ1) is 16.0. The van der Waals surface area contributed by atoms with Crippen LogP contribution in [-0.2, 0) is 32.2 Å². The van der Waals surface area contributed by atoms with E-state index in [0.717, 1.165) is 0 Å². The van der Waals surface area contributed by atoms with Gasteiger partial charge < -0.3 is 14.4 Å². The Morgan fingerprint density at radius 3 is 1.43 bits per heavy atom. The molecule has 0 saturated carbocycles. The maximum absolute atomic E-state index is 10.1. The van der Waals surface area contributed by atoms with Gasteiger partial charge in [0.1, 0.15) is 7.91 Å². The van der Waals surface area contributed by atoms with Gasteiger partial charge in [0, 0.05) is 0 Å². The molecule has 0 aliphatic rings. The third-order valence-corrected chi connectivity index (χ3v) is 0. The van der Waals surface area contributed by atoms with E-state index in [1.165, 1.54) is 0 Å². The van der Waals surface area contributed by atoms with Gasteiger partial charge in [0.15, 0.2) is 0 Å². The Balaban J connectivity index is -0.0000000800. The molecule has 0 rings (SSSR count). The molecule has 0 amide bonds. The summed E-state index contributed by atoms with van der Waals surface area (Å²) in [6, 6.07) is 0. The molecule has 7 heavy (non-hydrogen) atoms. The van der Waals surface area contributed by atoms with E-state index in [1.807, 2.05) is 0 Å². The minimum Gasteiger partial charge on any atom is -0.786 e. The van der Waals surface area contributed by atoms with Crippen molar-refractivity contribution in [1.82, 2.24) is 0 Å². The standard InChI is InChI=1S/FH2O3P.Hg.Tl/c1-5(2,3)4;;/h(H2,2,3,4);;/q;+2;+1/p-2. The molecule has 0 spiro atoms. The van der Waals surface area contributed by atoms with Gasteiger partial charge in [-0.1, -0.05) is 0 Å². The zero-order valence-electron chi connectivity index (χ0n) is 3.33. The molecule has 0 aliphatic carbocycles. The Hall–Kier alpha value is 1.94. The van der Waals surface area contributed by atoms with Crippen LogP contribution in [0.4, 0.5) is 4.20 Å². The van der Waals surface area contributed by atoms with Crippen molar-refractivity contribution in [3.8, 4) is 0 Å². The normalized spacial score (nSPS) is 8.43. The van der Waals surface area contributed by atoms with Crippen LogP contribution in [0.15, 0.2) is 0 Å². The van der Waals surface area contributed by atoms with Crippen LogP contribution in [0, 0.1) is 0 Å². The predicted octanol–water partition coefficient (Wildman–Crippen LogP) is -1.60. The van der Waals surface area contributed by atoms with E-state index < -0.39 is 7.91 Å². The molecule has 7 heteroatoms. The minimum absolute atomic E-state index is 0. The SMILES string of the molecule is O=P([O-])([O-])F.[Hg+2].[Tl+]. The van der Waals surface area contributed by atoms with Gasteiger partial charge in [0.2, 0.25) is 0 Å². The molecule has 0 aromatic carbocycles. The van der Waals surface area contributed by atoms with E-state index in [1.54, 1.807) is 0 Å². The molecule has 0 bridgehead atoms. The van der Waals surface area contributed by atoms with Gasteiger partial charge >= 0.3 is 55.0 Å². The Morgan fingerprint density at radius 1 is 1.43 bits per heavy atom. The molecule has 0 fully saturated rings. The van der Waals surface area contributed by atoms with Crippen molar-refractivity contribution in [3.63, 3.8) is 0 Å². The van der Waals surface area contributed by atoms with E-state index >= 15 is 0 Å². The molecule has 0 N–H and O–H groups in total. The van der Waals surface area contributed by atoms with Crippen LogP contribution in [0.2, 0.25) is 0 Å². The maximum atomic E-state index is 10.1. The van der Waals surface area contributed by atoms with E-state index in [-0.39, 0.29) is 55.0 Å². The largest absolute Gasteiger partial charge is 2.00 e. The van der Waals surface area contributed by atoms with Gasteiger partial charge in [0.05, 0.1) is 0 Å². The zero-order chi connectivity index (χ0) is 4.50. The second-order valence-corrected chi connectivity index (χ2v) is 1.29. The van der Waals surface area contributed by atoms with Gasteiger partial charge in [-0.25, -0.2) is 4.20 Å². The monoisotopic (exact) mass is 505 g/mol. The van der Waals surface area contributed by atoms with Gasteiger partial charge in [0.25, 0.3) is 0 Å². The summed E-state index contributed by atoms with van der Waals surface area (Å²) < 4.78 is 18.6. The Labute approximate surface area is 80.6 Å². The van der Waals surface area contributed by atoms with Crippen molar-refractivity contribution in [2.45, 2.75) is 0 Å². The summed E-state index contributed by atoms with van der Waals surface area (Å²) in [5.74, 6) is 0. The van der Waals surface area contributed by atoms with Crippen molar-refractivity contribution in [1.29, 1.82) is 0 Å². The summed E-state index contributed by atoms with van der Waals surface area (Å²) in [7, 11) is -5.64. The van der Waals surface area contributed by atoms with Gasteiger partial charge in [-0.15, -0.1) is 0 Å². The number of halogens is 1. The van der Waals surface area contributed by atoms with Crippen LogP contribution in [-0.4, -0.2) is 27.3 Å². The van der Waals surface area contributed by atoms with Crippen molar-refractivity contribution in [2.24, 2.45) is 0 Å². The average molecular weight is 503 g/mol. The summed E-state index contributed by atoms with van der Waals surface area (Å²) in [6.45, 7) is 0. The average Bonchev–Trinajstić information content (AvgIpc) is 0.722. The molecule has 0 unspecified atom stereocenters. The van der Waals surface area contributed by atoms with Gasteiger partial charge in [-0.2, -0.15) is 0 Å². The molecule has 0 aliphatic heterocycles. The summed E-state index contributed by atoms with van der Waals surface area (Å²) >= 11 is 0. The third-order valence-electron chi connectivity index (χ3n) is 0. The first-order valence-electron chi connectivity index (χ1n) is 0.717. The Morgan fingerprint density at radius 2 is 1.43 bits per heavy atom. The topological polar surface area (TPSA) is 63.2 Å². The van der Waals surface area contributed by atoms with Gasteiger partial charge in [-0.05, 0) is 0 Å². The van der Waals surface area contributed by atoms with Crippen LogP contribution in [0.3, 0.4) is 0 Å². The predicted molar refractivity (Wildman–Crippen MR) is 14.5 cm³/mol.